The van der Waals surface area contributed by atoms with Crippen molar-refractivity contribution in [1.29, 1.82) is 0 Å². The fraction of sp³-hybridized carbons (Fsp3) is 0.875. The largest absolute Gasteiger partial charge is 0.444 e. The predicted octanol–water partition coefficient (Wildman–Crippen LogP) is 2.55. The van der Waals surface area contributed by atoms with Crippen LogP contribution in [0.5, 0.6) is 0 Å². The number of rotatable bonds is 2. The molecule has 0 spiro atoms. The third kappa shape index (κ3) is 4.35. The summed E-state index contributed by atoms with van der Waals surface area (Å²) in [4.78, 5) is 26.1. The number of ether oxygens (including phenoxy) is 1. The maximum atomic E-state index is 12.3. The number of amides is 2. The van der Waals surface area contributed by atoms with Crippen LogP contribution < -0.4 is 5.32 Å². The quantitative estimate of drug-likeness (QED) is 0.852. The van der Waals surface area contributed by atoms with Crippen LogP contribution in [0.3, 0.4) is 0 Å². The summed E-state index contributed by atoms with van der Waals surface area (Å²) >= 11 is 0. The maximum Gasteiger partial charge on any atom is 0.410 e. The Labute approximate surface area is 127 Å². The third-order valence-corrected chi connectivity index (χ3v) is 4.27. The number of nitrogens with zero attached hydrogens (tertiary/aromatic N) is 1. The number of carbonyl (C=O) groups excluding carboxylic acids is 2. The van der Waals surface area contributed by atoms with E-state index in [0.717, 1.165) is 19.3 Å². The Balaban J connectivity index is 1.85. The van der Waals surface area contributed by atoms with Gasteiger partial charge in [0.15, 0.2) is 0 Å². The third-order valence-electron chi connectivity index (χ3n) is 4.27. The van der Waals surface area contributed by atoms with Gasteiger partial charge in [0.1, 0.15) is 5.60 Å². The minimum absolute atomic E-state index is 0.0823. The molecule has 0 aromatic rings. The summed E-state index contributed by atoms with van der Waals surface area (Å²) in [7, 11) is 0. The van der Waals surface area contributed by atoms with Crippen LogP contribution >= 0.6 is 0 Å². The van der Waals surface area contributed by atoms with Crippen LogP contribution in [0, 0.1) is 11.3 Å². The van der Waals surface area contributed by atoms with E-state index in [1.54, 1.807) is 4.90 Å². The van der Waals surface area contributed by atoms with Gasteiger partial charge >= 0.3 is 6.09 Å². The smallest absolute Gasteiger partial charge is 0.410 e. The highest BCUT2D eigenvalue weighted by molar-refractivity contribution is 5.80. The molecule has 2 aliphatic rings. The fourth-order valence-corrected chi connectivity index (χ4v) is 2.69. The first-order chi connectivity index (χ1) is 9.58. The van der Waals surface area contributed by atoms with Crippen molar-refractivity contribution in [3.05, 3.63) is 0 Å². The standard InChI is InChI=1S/C16H28N2O3/c1-15(2,3)21-14(20)18-8-6-7-11(10-18)13(19)17-12-9-16(12,4)5/h11-12H,6-10H2,1-5H3,(H,17,19). The van der Waals surface area contributed by atoms with Gasteiger partial charge in [-0.05, 0) is 45.4 Å². The second-order valence-corrected chi connectivity index (χ2v) is 8.02. The summed E-state index contributed by atoms with van der Waals surface area (Å²) in [6.45, 7) is 11.0. The van der Waals surface area contributed by atoms with E-state index < -0.39 is 5.60 Å². The van der Waals surface area contributed by atoms with Crippen LogP contribution in [0.25, 0.3) is 0 Å². The zero-order valence-corrected chi connectivity index (χ0v) is 13.9. The van der Waals surface area contributed by atoms with Crippen LogP contribution in [-0.2, 0) is 9.53 Å². The number of hydrogen-bond donors (Lipinski definition) is 1. The molecule has 0 radical (unpaired) electrons. The second-order valence-electron chi connectivity index (χ2n) is 8.02. The van der Waals surface area contributed by atoms with Crippen molar-refractivity contribution in [2.45, 2.75) is 65.5 Å². The van der Waals surface area contributed by atoms with E-state index in [4.69, 9.17) is 4.74 Å². The van der Waals surface area contributed by atoms with Crippen molar-refractivity contribution in [2.24, 2.45) is 11.3 Å². The number of piperidine rings is 1. The van der Waals surface area contributed by atoms with Gasteiger partial charge in [-0.15, -0.1) is 0 Å². The maximum absolute atomic E-state index is 12.3. The average Bonchev–Trinajstić information content (AvgIpc) is 2.94. The van der Waals surface area contributed by atoms with Gasteiger partial charge < -0.3 is 15.0 Å². The Morgan fingerprint density at radius 2 is 1.90 bits per heavy atom. The highest BCUT2D eigenvalue weighted by Crippen LogP contribution is 2.44. The van der Waals surface area contributed by atoms with E-state index in [9.17, 15) is 9.59 Å². The Kier molecular flexibility index (Phi) is 4.22. The Morgan fingerprint density at radius 1 is 1.29 bits per heavy atom. The summed E-state index contributed by atoms with van der Waals surface area (Å²) in [5, 5.41) is 3.10. The van der Waals surface area contributed by atoms with Crippen molar-refractivity contribution in [3.63, 3.8) is 0 Å². The lowest BCUT2D eigenvalue weighted by molar-refractivity contribution is -0.126. The van der Waals surface area contributed by atoms with Gasteiger partial charge in [-0.3, -0.25) is 4.79 Å². The lowest BCUT2D eigenvalue weighted by Crippen LogP contribution is -2.47. The first-order valence-electron chi connectivity index (χ1n) is 7.87. The molecule has 1 saturated heterocycles. The number of carbonyl (C=O) groups is 2. The number of nitrogens with one attached hydrogen (secondary N) is 1. The van der Waals surface area contributed by atoms with Gasteiger partial charge in [0.25, 0.3) is 0 Å². The van der Waals surface area contributed by atoms with Gasteiger partial charge in [0, 0.05) is 19.1 Å². The van der Waals surface area contributed by atoms with E-state index in [0.29, 0.717) is 19.1 Å². The highest BCUT2D eigenvalue weighted by atomic mass is 16.6. The van der Waals surface area contributed by atoms with Crippen molar-refractivity contribution in [1.82, 2.24) is 10.2 Å². The molecule has 5 heteroatoms. The van der Waals surface area contributed by atoms with Crippen LogP contribution in [0.1, 0.15) is 53.9 Å². The zero-order valence-electron chi connectivity index (χ0n) is 13.9. The molecule has 2 unspecified atom stereocenters. The second kappa shape index (κ2) is 5.50. The molecular weight excluding hydrogens is 268 g/mol. The van der Waals surface area contributed by atoms with Crippen molar-refractivity contribution in [2.75, 3.05) is 13.1 Å². The van der Waals surface area contributed by atoms with Crippen LogP contribution in [-0.4, -0.2) is 41.6 Å². The van der Waals surface area contributed by atoms with Gasteiger partial charge in [-0.1, -0.05) is 13.8 Å². The van der Waals surface area contributed by atoms with Gasteiger partial charge in [0.05, 0.1) is 5.92 Å². The number of likely N-dealkylation sites (tertiary alicyclic amines) is 1. The Bertz CT molecular complexity index is 426. The molecule has 120 valence electrons. The number of hydrogen-bond acceptors (Lipinski definition) is 3. The minimum atomic E-state index is -0.496. The van der Waals surface area contributed by atoms with E-state index in [-0.39, 0.29) is 23.3 Å². The summed E-state index contributed by atoms with van der Waals surface area (Å²) in [6, 6.07) is 0.293. The molecule has 1 N–H and O–H groups in total. The molecule has 1 heterocycles. The molecule has 2 amide bonds. The zero-order chi connectivity index (χ0) is 15.8. The Hall–Kier alpha value is -1.26. The van der Waals surface area contributed by atoms with E-state index in [1.807, 2.05) is 20.8 Å². The monoisotopic (exact) mass is 296 g/mol. The van der Waals surface area contributed by atoms with Crippen molar-refractivity contribution in [3.8, 4) is 0 Å². The summed E-state index contributed by atoms with van der Waals surface area (Å²) < 4.78 is 5.39. The summed E-state index contributed by atoms with van der Waals surface area (Å²) in [5.41, 5.74) is -0.264. The first kappa shape index (κ1) is 16.1. The first-order valence-corrected chi connectivity index (χ1v) is 7.87. The summed E-state index contributed by atoms with van der Waals surface area (Å²) in [5.74, 6) is -0.0264. The molecule has 21 heavy (non-hydrogen) atoms. The molecule has 2 fully saturated rings. The van der Waals surface area contributed by atoms with Crippen molar-refractivity contribution >= 4 is 12.0 Å². The van der Waals surface area contributed by atoms with Crippen LogP contribution in [0.15, 0.2) is 0 Å². The molecule has 1 saturated carbocycles. The average molecular weight is 296 g/mol. The van der Waals surface area contributed by atoms with Gasteiger partial charge in [0.2, 0.25) is 5.91 Å². The molecule has 0 aromatic heterocycles. The van der Waals surface area contributed by atoms with E-state index in [1.165, 1.54) is 0 Å². The molecule has 2 atom stereocenters. The molecular formula is C16H28N2O3. The predicted molar refractivity (Wildman–Crippen MR) is 80.9 cm³/mol. The van der Waals surface area contributed by atoms with Gasteiger partial charge in [-0.2, -0.15) is 0 Å². The SMILES string of the molecule is CC(C)(C)OC(=O)N1CCCC(C(=O)NC2CC2(C)C)C1. The fourth-order valence-electron chi connectivity index (χ4n) is 2.69. The lowest BCUT2D eigenvalue weighted by Gasteiger charge is -2.33. The van der Waals surface area contributed by atoms with E-state index in [2.05, 4.69) is 19.2 Å². The van der Waals surface area contributed by atoms with Crippen LogP contribution in [0.2, 0.25) is 0 Å². The molecule has 5 nitrogen and oxygen atoms in total. The summed E-state index contributed by atoms with van der Waals surface area (Å²) in [6.07, 6.45) is 2.43. The molecule has 1 aliphatic carbocycles. The van der Waals surface area contributed by atoms with Gasteiger partial charge in [-0.25, -0.2) is 4.79 Å². The normalized spacial score (nSPS) is 28.0. The lowest BCUT2D eigenvalue weighted by atomic mass is 9.97. The molecule has 2 rings (SSSR count). The minimum Gasteiger partial charge on any atom is -0.444 e. The molecule has 1 aliphatic heterocycles. The molecule has 0 bridgehead atoms. The Morgan fingerprint density at radius 3 is 2.43 bits per heavy atom. The van der Waals surface area contributed by atoms with E-state index >= 15 is 0 Å². The van der Waals surface area contributed by atoms with Crippen molar-refractivity contribution < 1.29 is 14.3 Å². The van der Waals surface area contributed by atoms with Crippen LogP contribution in [0.4, 0.5) is 4.79 Å². The topological polar surface area (TPSA) is 58.6 Å². The highest BCUT2D eigenvalue weighted by Gasteiger charge is 2.47. The molecule has 0 aromatic carbocycles.